The molecule has 0 atom stereocenters. The van der Waals surface area contributed by atoms with Crippen LogP contribution in [0.3, 0.4) is 0 Å². The maximum Gasteiger partial charge on any atom is 0.312 e. The number of nitrogens with one attached hydrogen (secondary N) is 1. The molecule has 2 heterocycles. The van der Waals surface area contributed by atoms with Crippen LogP contribution < -0.4 is 15.8 Å². The minimum atomic E-state index is -0.00757. The third kappa shape index (κ3) is 1.97. The van der Waals surface area contributed by atoms with E-state index in [2.05, 4.69) is 15.5 Å². The fraction of sp³-hybridized carbons (Fsp3) is 0.182. The van der Waals surface area contributed by atoms with Crippen LogP contribution in [0.15, 0.2) is 22.6 Å². The molecule has 0 unspecified atom stereocenters. The summed E-state index contributed by atoms with van der Waals surface area (Å²) >= 11 is 0. The van der Waals surface area contributed by atoms with Crippen LogP contribution in [0.1, 0.15) is 11.5 Å². The normalized spacial score (nSPS) is 13.2. The van der Waals surface area contributed by atoms with Gasteiger partial charge >= 0.3 is 6.01 Å². The van der Waals surface area contributed by atoms with Crippen LogP contribution in [0, 0.1) is 0 Å². The number of ether oxygens (including phenoxy) is 1. The van der Waals surface area contributed by atoms with Gasteiger partial charge in [-0.3, -0.25) is 4.79 Å². The van der Waals surface area contributed by atoms with Crippen molar-refractivity contribution in [2.45, 2.75) is 13.0 Å². The smallest absolute Gasteiger partial charge is 0.312 e. The van der Waals surface area contributed by atoms with E-state index in [-0.39, 0.29) is 18.5 Å². The number of carbonyl (C=O) groups is 1. The molecular weight excluding hydrogens is 236 g/mol. The van der Waals surface area contributed by atoms with Gasteiger partial charge in [0.1, 0.15) is 5.75 Å². The lowest BCUT2D eigenvalue weighted by Crippen LogP contribution is -2.03. The summed E-state index contributed by atoms with van der Waals surface area (Å²) in [5.74, 6) is 0.941. The highest BCUT2D eigenvalue weighted by Gasteiger charge is 2.17. The number of nitrogens with zero attached hydrogens (tertiary/aromatic N) is 2. The molecule has 0 aliphatic carbocycles. The number of nitrogen functional groups attached to an aromatic ring is 1. The zero-order valence-electron chi connectivity index (χ0n) is 9.34. The Hall–Kier alpha value is -2.57. The highest BCUT2D eigenvalue weighted by molar-refractivity contribution is 5.99. The van der Waals surface area contributed by atoms with Gasteiger partial charge in [-0.15, -0.1) is 5.10 Å². The van der Waals surface area contributed by atoms with Crippen LogP contribution in [-0.4, -0.2) is 16.1 Å². The number of fused-ring (bicyclic) bond motifs is 1. The molecule has 1 aliphatic heterocycles. The van der Waals surface area contributed by atoms with E-state index in [4.69, 9.17) is 14.9 Å². The molecule has 92 valence electrons. The molecular formula is C11H10N4O3. The number of carbonyl (C=O) groups excluding carboxylic acids is 1. The van der Waals surface area contributed by atoms with E-state index >= 15 is 0 Å². The summed E-state index contributed by atoms with van der Waals surface area (Å²) in [6, 6.07) is 5.40. The summed E-state index contributed by atoms with van der Waals surface area (Å²) in [4.78, 5) is 11.2. The van der Waals surface area contributed by atoms with E-state index in [1.54, 1.807) is 12.1 Å². The van der Waals surface area contributed by atoms with Crippen LogP contribution in [0.2, 0.25) is 0 Å². The van der Waals surface area contributed by atoms with Gasteiger partial charge in [0.25, 0.3) is 5.89 Å². The van der Waals surface area contributed by atoms with E-state index < -0.39 is 0 Å². The number of aromatic nitrogens is 2. The maximum atomic E-state index is 11.2. The molecule has 0 saturated heterocycles. The standard InChI is InChI=1S/C11H10N4O3/c12-11-15-14-10(18-11)5-17-7-1-2-8-6(3-7)4-9(16)13-8/h1-3H,4-5H2,(H2,12,15)(H,13,16). The monoisotopic (exact) mass is 246 g/mol. The molecule has 3 rings (SSSR count). The first-order chi connectivity index (χ1) is 8.70. The molecule has 7 heteroatoms. The maximum absolute atomic E-state index is 11.2. The Balaban J connectivity index is 1.71. The van der Waals surface area contributed by atoms with E-state index in [0.29, 0.717) is 18.1 Å². The van der Waals surface area contributed by atoms with Gasteiger partial charge in [-0.1, -0.05) is 5.10 Å². The van der Waals surface area contributed by atoms with Gasteiger partial charge in [-0.2, -0.15) is 0 Å². The van der Waals surface area contributed by atoms with Crippen LogP contribution in [0.25, 0.3) is 0 Å². The lowest BCUT2D eigenvalue weighted by molar-refractivity contribution is -0.115. The molecule has 0 radical (unpaired) electrons. The summed E-state index contributed by atoms with van der Waals surface area (Å²) in [7, 11) is 0. The highest BCUT2D eigenvalue weighted by Crippen LogP contribution is 2.27. The van der Waals surface area contributed by atoms with Crippen molar-refractivity contribution in [3.05, 3.63) is 29.7 Å². The van der Waals surface area contributed by atoms with Gasteiger partial charge in [0.2, 0.25) is 5.91 Å². The molecule has 2 aromatic rings. The number of hydrogen-bond donors (Lipinski definition) is 2. The van der Waals surface area contributed by atoms with Crippen molar-refractivity contribution in [2.75, 3.05) is 11.1 Å². The lowest BCUT2D eigenvalue weighted by atomic mass is 10.1. The number of amides is 1. The number of rotatable bonds is 3. The Morgan fingerprint density at radius 1 is 1.44 bits per heavy atom. The Kier molecular flexibility index (Phi) is 2.36. The SMILES string of the molecule is Nc1nnc(COc2ccc3c(c2)CC(=O)N3)o1. The van der Waals surface area contributed by atoms with E-state index in [0.717, 1.165) is 11.3 Å². The lowest BCUT2D eigenvalue weighted by Gasteiger charge is -2.05. The van der Waals surface area contributed by atoms with Crippen LogP contribution in [0.4, 0.5) is 11.7 Å². The zero-order valence-corrected chi connectivity index (χ0v) is 9.34. The molecule has 1 aromatic heterocycles. The fourth-order valence-electron chi connectivity index (χ4n) is 1.77. The van der Waals surface area contributed by atoms with Crippen LogP contribution in [-0.2, 0) is 17.8 Å². The number of anilines is 2. The zero-order chi connectivity index (χ0) is 12.5. The molecule has 0 saturated carbocycles. The minimum Gasteiger partial charge on any atom is -0.484 e. The first-order valence-corrected chi connectivity index (χ1v) is 5.34. The van der Waals surface area contributed by atoms with Gasteiger partial charge < -0.3 is 20.2 Å². The molecule has 1 amide bonds. The van der Waals surface area contributed by atoms with Gasteiger partial charge in [0.15, 0.2) is 6.61 Å². The quantitative estimate of drug-likeness (QED) is 0.827. The average Bonchev–Trinajstić information content (AvgIpc) is 2.90. The summed E-state index contributed by atoms with van der Waals surface area (Å²) in [6.07, 6.45) is 0.375. The second kappa shape index (κ2) is 4.02. The van der Waals surface area contributed by atoms with Crippen molar-refractivity contribution in [2.24, 2.45) is 0 Å². The van der Waals surface area contributed by atoms with E-state index in [1.165, 1.54) is 0 Å². The third-order valence-electron chi connectivity index (χ3n) is 2.55. The van der Waals surface area contributed by atoms with Crippen LogP contribution in [0.5, 0.6) is 5.75 Å². The first kappa shape index (κ1) is 10.6. The predicted octanol–water partition coefficient (Wildman–Crippen LogP) is 0.725. The van der Waals surface area contributed by atoms with Crippen molar-refractivity contribution < 1.29 is 13.9 Å². The van der Waals surface area contributed by atoms with Gasteiger partial charge in [0.05, 0.1) is 6.42 Å². The third-order valence-corrected chi connectivity index (χ3v) is 2.55. The Bertz CT molecular complexity index is 608. The first-order valence-electron chi connectivity index (χ1n) is 5.34. The molecule has 0 fully saturated rings. The summed E-state index contributed by atoms with van der Waals surface area (Å²) in [5, 5.41) is 9.96. The topological polar surface area (TPSA) is 103 Å². The second-order valence-corrected chi connectivity index (χ2v) is 3.87. The van der Waals surface area contributed by atoms with Gasteiger partial charge in [0, 0.05) is 5.69 Å². The number of benzene rings is 1. The van der Waals surface area contributed by atoms with E-state index in [9.17, 15) is 4.79 Å². The molecule has 1 aromatic carbocycles. The number of hydrogen-bond acceptors (Lipinski definition) is 6. The van der Waals surface area contributed by atoms with Gasteiger partial charge in [-0.05, 0) is 23.8 Å². The Labute approximate surface area is 102 Å². The highest BCUT2D eigenvalue weighted by atomic mass is 16.5. The summed E-state index contributed by atoms with van der Waals surface area (Å²) < 4.78 is 10.5. The average molecular weight is 246 g/mol. The summed E-state index contributed by atoms with van der Waals surface area (Å²) in [5.41, 5.74) is 7.04. The largest absolute Gasteiger partial charge is 0.484 e. The molecule has 18 heavy (non-hydrogen) atoms. The van der Waals surface area contributed by atoms with E-state index in [1.807, 2.05) is 6.07 Å². The Morgan fingerprint density at radius 2 is 2.33 bits per heavy atom. The van der Waals surface area contributed by atoms with Crippen molar-refractivity contribution in [1.29, 1.82) is 0 Å². The van der Waals surface area contributed by atoms with Crippen molar-refractivity contribution in [3.63, 3.8) is 0 Å². The number of nitrogens with two attached hydrogens (primary N) is 1. The second-order valence-electron chi connectivity index (χ2n) is 3.87. The van der Waals surface area contributed by atoms with Crippen molar-refractivity contribution >= 4 is 17.6 Å². The van der Waals surface area contributed by atoms with Gasteiger partial charge in [-0.25, -0.2) is 0 Å². The molecule has 7 nitrogen and oxygen atoms in total. The molecule has 0 spiro atoms. The molecule has 0 bridgehead atoms. The summed E-state index contributed by atoms with van der Waals surface area (Å²) in [6.45, 7) is 0.143. The molecule has 3 N–H and O–H groups in total. The fourth-order valence-corrected chi connectivity index (χ4v) is 1.77. The van der Waals surface area contributed by atoms with Crippen molar-refractivity contribution in [3.8, 4) is 5.75 Å². The van der Waals surface area contributed by atoms with Crippen LogP contribution >= 0.6 is 0 Å². The molecule has 1 aliphatic rings. The predicted molar refractivity (Wildman–Crippen MR) is 61.8 cm³/mol. The van der Waals surface area contributed by atoms with Crippen molar-refractivity contribution in [1.82, 2.24) is 10.2 Å². The Morgan fingerprint density at radius 3 is 3.11 bits per heavy atom. The minimum absolute atomic E-state index is 0.00757.